The molecule has 92 valence electrons. The Labute approximate surface area is 107 Å². The van der Waals surface area contributed by atoms with E-state index in [0.29, 0.717) is 11.0 Å². The molecule has 0 radical (unpaired) electrons. The normalized spacial score (nSPS) is 19.9. The summed E-state index contributed by atoms with van der Waals surface area (Å²) in [4.78, 5) is 14.3. The molecule has 1 aromatic heterocycles. The highest BCUT2D eigenvalue weighted by Crippen LogP contribution is 2.28. The molecule has 0 amide bonds. The van der Waals surface area contributed by atoms with Gasteiger partial charge in [-0.05, 0) is 35.3 Å². The first-order valence-corrected chi connectivity index (χ1v) is 6.13. The van der Waals surface area contributed by atoms with Crippen LogP contribution in [0.5, 0.6) is 5.88 Å². The Balaban J connectivity index is 2.16. The van der Waals surface area contributed by atoms with Gasteiger partial charge in [0.05, 0.1) is 4.92 Å². The molecule has 0 unspecified atom stereocenters. The lowest BCUT2D eigenvalue weighted by Gasteiger charge is -2.23. The number of halogens is 1. The number of rotatable bonds is 3. The van der Waals surface area contributed by atoms with Gasteiger partial charge in [-0.1, -0.05) is 0 Å². The van der Waals surface area contributed by atoms with E-state index in [1.807, 2.05) is 0 Å². The molecule has 1 atom stereocenters. The molecule has 1 saturated heterocycles. The van der Waals surface area contributed by atoms with Crippen LogP contribution in [0, 0.1) is 10.1 Å². The van der Waals surface area contributed by atoms with E-state index in [4.69, 9.17) is 4.74 Å². The number of nitrogens with one attached hydrogen (secondary N) is 1. The van der Waals surface area contributed by atoms with Gasteiger partial charge in [-0.25, -0.2) is 4.98 Å². The molecule has 7 heteroatoms. The van der Waals surface area contributed by atoms with E-state index >= 15 is 0 Å². The summed E-state index contributed by atoms with van der Waals surface area (Å²) >= 11 is 3.15. The number of pyridine rings is 1. The summed E-state index contributed by atoms with van der Waals surface area (Å²) in [6.45, 7) is 1.67. The van der Waals surface area contributed by atoms with Gasteiger partial charge in [0.2, 0.25) is 0 Å². The quantitative estimate of drug-likeness (QED) is 0.681. The van der Waals surface area contributed by atoms with E-state index in [1.165, 1.54) is 12.3 Å². The van der Waals surface area contributed by atoms with Crippen LogP contribution >= 0.6 is 15.9 Å². The van der Waals surface area contributed by atoms with Crippen molar-refractivity contribution in [2.75, 3.05) is 13.1 Å². The van der Waals surface area contributed by atoms with Gasteiger partial charge >= 0.3 is 5.69 Å². The summed E-state index contributed by atoms with van der Waals surface area (Å²) in [5, 5.41) is 14.0. The zero-order valence-corrected chi connectivity index (χ0v) is 10.6. The molecule has 2 heterocycles. The minimum atomic E-state index is -0.483. The third-order valence-corrected chi connectivity index (χ3v) is 2.96. The van der Waals surface area contributed by atoms with E-state index in [9.17, 15) is 10.1 Å². The zero-order valence-electron chi connectivity index (χ0n) is 9.06. The van der Waals surface area contributed by atoms with Gasteiger partial charge in [0.25, 0.3) is 5.88 Å². The highest BCUT2D eigenvalue weighted by atomic mass is 79.9. The van der Waals surface area contributed by atoms with Gasteiger partial charge in [-0.2, -0.15) is 0 Å². The molecule has 1 N–H and O–H groups in total. The minimum absolute atomic E-state index is 0.0453. The van der Waals surface area contributed by atoms with Crippen LogP contribution in [0.1, 0.15) is 12.8 Å². The van der Waals surface area contributed by atoms with Crippen molar-refractivity contribution in [1.82, 2.24) is 10.3 Å². The maximum Gasteiger partial charge on any atom is 0.332 e. The summed E-state index contributed by atoms with van der Waals surface area (Å²) in [5.41, 5.74) is -0.107. The summed E-state index contributed by atoms with van der Waals surface area (Å²) < 4.78 is 6.13. The van der Waals surface area contributed by atoms with Crippen molar-refractivity contribution in [3.8, 4) is 5.88 Å². The number of ether oxygens (including phenoxy) is 1. The van der Waals surface area contributed by atoms with E-state index in [0.717, 1.165) is 19.4 Å². The van der Waals surface area contributed by atoms with Crippen LogP contribution in [0.2, 0.25) is 0 Å². The molecule has 2 rings (SSSR count). The van der Waals surface area contributed by atoms with Crippen LogP contribution in [-0.2, 0) is 0 Å². The molecule has 0 aromatic carbocycles. The van der Waals surface area contributed by atoms with Crippen molar-refractivity contribution in [2.24, 2.45) is 0 Å². The van der Waals surface area contributed by atoms with Crippen molar-refractivity contribution >= 4 is 21.6 Å². The fraction of sp³-hybridized carbons (Fsp3) is 0.500. The predicted molar refractivity (Wildman–Crippen MR) is 65.1 cm³/mol. The van der Waals surface area contributed by atoms with Gasteiger partial charge in [-0.3, -0.25) is 10.1 Å². The van der Waals surface area contributed by atoms with Crippen LogP contribution in [0.4, 0.5) is 5.69 Å². The number of hydrogen-bond acceptors (Lipinski definition) is 5. The molecule has 1 aliphatic heterocycles. The average Bonchev–Trinajstić information content (AvgIpc) is 2.32. The monoisotopic (exact) mass is 301 g/mol. The van der Waals surface area contributed by atoms with Crippen LogP contribution in [0.25, 0.3) is 0 Å². The smallest absolute Gasteiger partial charge is 0.332 e. The van der Waals surface area contributed by atoms with Gasteiger partial charge in [0.15, 0.2) is 0 Å². The van der Waals surface area contributed by atoms with Crippen LogP contribution in [0.3, 0.4) is 0 Å². The second-order valence-corrected chi connectivity index (χ2v) is 4.74. The van der Waals surface area contributed by atoms with Crippen molar-refractivity contribution < 1.29 is 9.66 Å². The van der Waals surface area contributed by atoms with Crippen LogP contribution in [0.15, 0.2) is 16.7 Å². The number of hydrogen-bond donors (Lipinski definition) is 1. The largest absolute Gasteiger partial charge is 0.468 e. The topological polar surface area (TPSA) is 77.3 Å². The minimum Gasteiger partial charge on any atom is -0.468 e. The summed E-state index contributed by atoms with van der Waals surface area (Å²) in [7, 11) is 0. The Hall–Kier alpha value is -1.21. The van der Waals surface area contributed by atoms with Crippen molar-refractivity contribution in [3.05, 3.63) is 26.9 Å². The molecule has 0 aliphatic carbocycles. The third-order valence-electron chi connectivity index (χ3n) is 2.53. The van der Waals surface area contributed by atoms with E-state index in [1.54, 1.807) is 0 Å². The second kappa shape index (κ2) is 5.42. The molecule has 0 bridgehead atoms. The van der Waals surface area contributed by atoms with Gasteiger partial charge in [-0.15, -0.1) is 0 Å². The molecular weight excluding hydrogens is 290 g/mol. The Morgan fingerprint density at radius 1 is 1.65 bits per heavy atom. The number of nitrogens with zero attached hydrogens (tertiary/aromatic N) is 2. The Bertz CT molecular complexity index is 421. The SMILES string of the molecule is O=[N+]([O-])c1cc(Br)cnc1O[C@H]1CCCNC1. The number of nitro groups is 1. The van der Waals surface area contributed by atoms with Gasteiger partial charge in [0, 0.05) is 23.3 Å². The van der Waals surface area contributed by atoms with Gasteiger partial charge < -0.3 is 10.1 Å². The fourth-order valence-electron chi connectivity index (χ4n) is 1.72. The third kappa shape index (κ3) is 3.13. The standard InChI is InChI=1S/C10H12BrN3O3/c11-7-4-9(14(15)16)10(13-5-7)17-8-2-1-3-12-6-8/h4-5,8,12H,1-3,6H2/t8-/m0/s1. The van der Waals surface area contributed by atoms with E-state index in [2.05, 4.69) is 26.2 Å². The molecule has 1 aliphatic rings. The Kier molecular flexibility index (Phi) is 3.90. The van der Waals surface area contributed by atoms with Crippen molar-refractivity contribution in [3.63, 3.8) is 0 Å². The lowest BCUT2D eigenvalue weighted by Crippen LogP contribution is -2.37. The first-order valence-electron chi connectivity index (χ1n) is 5.34. The summed E-state index contributed by atoms with van der Waals surface area (Å²) in [6.07, 6.45) is 3.35. The zero-order chi connectivity index (χ0) is 12.3. The van der Waals surface area contributed by atoms with Crippen molar-refractivity contribution in [2.45, 2.75) is 18.9 Å². The predicted octanol–water partition coefficient (Wildman–Crippen LogP) is 1.88. The lowest BCUT2D eigenvalue weighted by molar-refractivity contribution is -0.386. The average molecular weight is 302 g/mol. The van der Waals surface area contributed by atoms with Crippen molar-refractivity contribution in [1.29, 1.82) is 0 Å². The van der Waals surface area contributed by atoms with Crippen LogP contribution < -0.4 is 10.1 Å². The molecule has 1 fully saturated rings. The molecule has 0 spiro atoms. The molecule has 1 aromatic rings. The number of aromatic nitrogens is 1. The first-order chi connectivity index (χ1) is 8.16. The second-order valence-electron chi connectivity index (χ2n) is 3.82. The highest BCUT2D eigenvalue weighted by Gasteiger charge is 2.22. The first kappa shape index (κ1) is 12.3. The molecule has 0 saturated carbocycles. The fourth-order valence-corrected chi connectivity index (χ4v) is 2.04. The van der Waals surface area contributed by atoms with Crippen LogP contribution in [-0.4, -0.2) is 29.1 Å². The summed E-state index contributed by atoms with van der Waals surface area (Å²) in [5.74, 6) is 0.0897. The molecule has 17 heavy (non-hydrogen) atoms. The van der Waals surface area contributed by atoms with E-state index < -0.39 is 4.92 Å². The number of piperidine rings is 1. The molecular formula is C10H12BrN3O3. The van der Waals surface area contributed by atoms with Gasteiger partial charge in [0.1, 0.15) is 6.10 Å². The maximum absolute atomic E-state index is 10.9. The maximum atomic E-state index is 10.9. The lowest BCUT2D eigenvalue weighted by atomic mass is 10.1. The highest BCUT2D eigenvalue weighted by molar-refractivity contribution is 9.10. The summed E-state index contributed by atoms with van der Waals surface area (Å²) in [6, 6.07) is 1.40. The Morgan fingerprint density at radius 2 is 2.47 bits per heavy atom. The Morgan fingerprint density at radius 3 is 3.12 bits per heavy atom. The van der Waals surface area contributed by atoms with E-state index in [-0.39, 0.29) is 17.7 Å². The molecule has 6 nitrogen and oxygen atoms in total.